The van der Waals surface area contributed by atoms with Crippen LogP contribution in [0.1, 0.15) is 23.5 Å². The molecule has 0 bridgehead atoms. The van der Waals surface area contributed by atoms with E-state index in [1.807, 2.05) is 31.2 Å². The smallest absolute Gasteiger partial charge is 0.152 e. The minimum Gasteiger partial charge on any atom is -0.373 e. The fourth-order valence-electron chi connectivity index (χ4n) is 2.05. The van der Waals surface area contributed by atoms with Gasteiger partial charge in [0.1, 0.15) is 5.01 Å². The topological polar surface area (TPSA) is 37.8 Å². The Morgan fingerprint density at radius 2 is 2.05 bits per heavy atom. The summed E-state index contributed by atoms with van der Waals surface area (Å²) in [5.41, 5.74) is 2.99. The van der Waals surface area contributed by atoms with E-state index < -0.39 is 0 Å². The van der Waals surface area contributed by atoms with Crippen molar-refractivity contribution >= 4 is 38.8 Å². The molecule has 20 heavy (non-hydrogen) atoms. The molecule has 0 saturated heterocycles. The number of aromatic nitrogens is 2. The van der Waals surface area contributed by atoms with Crippen molar-refractivity contribution in [1.29, 1.82) is 0 Å². The molecule has 102 valence electrons. The van der Waals surface area contributed by atoms with E-state index in [1.165, 1.54) is 4.70 Å². The summed E-state index contributed by atoms with van der Waals surface area (Å²) in [7, 11) is 0. The summed E-state index contributed by atoms with van der Waals surface area (Å²) in [6.45, 7) is 4.10. The number of thiazole rings is 1. The predicted molar refractivity (Wildman–Crippen MR) is 85.6 cm³/mol. The first-order valence-electron chi connectivity index (χ1n) is 6.38. The van der Waals surface area contributed by atoms with E-state index in [0.717, 1.165) is 21.8 Å². The second-order valence-electron chi connectivity index (χ2n) is 4.68. The van der Waals surface area contributed by atoms with E-state index in [9.17, 15) is 0 Å². The quantitative estimate of drug-likeness (QED) is 0.704. The van der Waals surface area contributed by atoms with Crippen LogP contribution in [-0.4, -0.2) is 9.97 Å². The Labute approximate surface area is 126 Å². The maximum absolute atomic E-state index is 6.15. The number of para-hydroxylation sites is 1. The third-order valence-electron chi connectivity index (χ3n) is 3.15. The number of rotatable bonds is 3. The summed E-state index contributed by atoms with van der Waals surface area (Å²) in [4.78, 5) is 8.78. The molecule has 0 fully saturated rings. The van der Waals surface area contributed by atoms with Crippen LogP contribution in [0.5, 0.6) is 0 Å². The Kier molecular flexibility index (Phi) is 3.59. The Hall–Kier alpha value is -1.65. The molecule has 1 atom stereocenters. The fourth-order valence-corrected chi connectivity index (χ4v) is 3.28. The lowest BCUT2D eigenvalue weighted by atomic mass is 10.2. The molecular formula is C15H14ClN3S. The van der Waals surface area contributed by atoms with Crippen LogP contribution in [-0.2, 0) is 0 Å². The summed E-state index contributed by atoms with van der Waals surface area (Å²) in [5, 5.41) is 4.95. The number of benzene rings is 1. The molecule has 5 heteroatoms. The summed E-state index contributed by atoms with van der Waals surface area (Å²) in [6, 6.07) is 10.2. The SMILES string of the molecule is Cc1ccnc(Cl)c1NC(C)c1nc2ccccc2s1. The molecule has 3 nitrogen and oxygen atoms in total. The van der Waals surface area contributed by atoms with Crippen molar-refractivity contribution in [2.75, 3.05) is 5.32 Å². The number of pyridine rings is 1. The Balaban J connectivity index is 1.91. The van der Waals surface area contributed by atoms with Crippen molar-refractivity contribution in [3.05, 3.63) is 52.3 Å². The molecule has 2 aromatic heterocycles. The zero-order chi connectivity index (χ0) is 14.1. The van der Waals surface area contributed by atoms with E-state index in [2.05, 4.69) is 28.3 Å². The van der Waals surface area contributed by atoms with Gasteiger partial charge in [-0.3, -0.25) is 0 Å². The lowest BCUT2D eigenvalue weighted by Crippen LogP contribution is -2.08. The van der Waals surface area contributed by atoms with Crippen molar-refractivity contribution < 1.29 is 0 Å². The number of nitrogens with zero attached hydrogens (tertiary/aromatic N) is 2. The van der Waals surface area contributed by atoms with Crippen LogP contribution in [0.3, 0.4) is 0 Å². The maximum Gasteiger partial charge on any atom is 0.152 e. The number of nitrogens with one attached hydrogen (secondary N) is 1. The summed E-state index contributed by atoms with van der Waals surface area (Å²) in [5.74, 6) is 0. The highest BCUT2D eigenvalue weighted by atomic mass is 35.5. The molecule has 0 aliphatic rings. The average molecular weight is 304 g/mol. The second kappa shape index (κ2) is 5.38. The summed E-state index contributed by atoms with van der Waals surface area (Å²) in [6.07, 6.45) is 1.71. The van der Waals surface area contributed by atoms with Gasteiger partial charge in [-0.1, -0.05) is 23.7 Å². The minimum absolute atomic E-state index is 0.0906. The lowest BCUT2D eigenvalue weighted by molar-refractivity contribution is 0.870. The molecule has 2 heterocycles. The van der Waals surface area contributed by atoms with Crippen molar-refractivity contribution in [2.45, 2.75) is 19.9 Å². The zero-order valence-electron chi connectivity index (χ0n) is 11.2. The van der Waals surface area contributed by atoms with Crippen molar-refractivity contribution in [3.63, 3.8) is 0 Å². The number of hydrogen-bond acceptors (Lipinski definition) is 4. The summed E-state index contributed by atoms with van der Waals surface area (Å²) < 4.78 is 1.20. The monoisotopic (exact) mass is 303 g/mol. The first-order chi connectivity index (χ1) is 9.65. The number of aryl methyl sites for hydroxylation is 1. The highest BCUT2D eigenvalue weighted by molar-refractivity contribution is 7.18. The van der Waals surface area contributed by atoms with Gasteiger partial charge in [-0.25, -0.2) is 9.97 Å². The minimum atomic E-state index is 0.0906. The Morgan fingerprint density at radius 1 is 1.25 bits per heavy atom. The van der Waals surface area contributed by atoms with Gasteiger partial charge in [0.25, 0.3) is 0 Å². The Morgan fingerprint density at radius 3 is 2.80 bits per heavy atom. The van der Waals surface area contributed by atoms with Crippen LogP contribution in [0, 0.1) is 6.92 Å². The largest absolute Gasteiger partial charge is 0.373 e. The van der Waals surface area contributed by atoms with Gasteiger partial charge in [0.15, 0.2) is 5.15 Å². The number of anilines is 1. The van der Waals surface area contributed by atoms with Crippen LogP contribution in [0.25, 0.3) is 10.2 Å². The van der Waals surface area contributed by atoms with Crippen LogP contribution in [0.15, 0.2) is 36.5 Å². The number of hydrogen-bond donors (Lipinski definition) is 1. The van der Waals surface area contributed by atoms with Gasteiger partial charge >= 0.3 is 0 Å². The van der Waals surface area contributed by atoms with Gasteiger partial charge in [-0.2, -0.15) is 0 Å². The molecule has 0 aliphatic carbocycles. The van der Waals surface area contributed by atoms with Gasteiger partial charge in [-0.15, -0.1) is 11.3 Å². The molecular weight excluding hydrogens is 290 g/mol. The normalized spacial score (nSPS) is 12.6. The van der Waals surface area contributed by atoms with E-state index in [-0.39, 0.29) is 6.04 Å². The van der Waals surface area contributed by atoms with Crippen LogP contribution in [0.4, 0.5) is 5.69 Å². The first-order valence-corrected chi connectivity index (χ1v) is 7.57. The van der Waals surface area contributed by atoms with Crippen molar-refractivity contribution in [1.82, 2.24) is 9.97 Å². The molecule has 0 aliphatic heterocycles. The molecule has 1 N–H and O–H groups in total. The third-order valence-corrected chi connectivity index (χ3v) is 4.66. The van der Waals surface area contributed by atoms with Gasteiger partial charge in [0.2, 0.25) is 0 Å². The standard InChI is InChI=1S/C15H14ClN3S/c1-9-7-8-17-14(16)13(9)18-10(2)15-19-11-5-3-4-6-12(11)20-15/h3-8,10,18H,1-2H3. The van der Waals surface area contributed by atoms with E-state index in [1.54, 1.807) is 17.5 Å². The molecule has 1 unspecified atom stereocenters. The van der Waals surface area contributed by atoms with Crippen LogP contribution >= 0.6 is 22.9 Å². The van der Waals surface area contributed by atoms with Gasteiger partial charge in [0.05, 0.1) is 21.9 Å². The van der Waals surface area contributed by atoms with E-state index in [0.29, 0.717) is 5.15 Å². The van der Waals surface area contributed by atoms with Crippen molar-refractivity contribution in [3.8, 4) is 0 Å². The third kappa shape index (κ3) is 2.49. The van der Waals surface area contributed by atoms with E-state index in [4.69, 9.17) is 11.6 Å². The molecule has 0 radical (unpaired) electrons. The molecule has 3 aromatic rings. The molecule has 0 amide bonds. The maximum atomic E-state index is 6.15. The van der Waals surface area contributed by atoms with Crippen molar-refractivity contribution in [2.24, 2.45) is 0 Å². The number of halogens is 1. The van der Waals surface area contributed by atoms with Crippen LogP contribution < -0.4 is 5.32 Å². The fraction of sp³-hybridized carbons (Fsp3) is 0.200. The highest BCUT2D eigenvalue weighted by Gasteiger charge is 2.14. The molecule has 0 saturated carbocycles. The molecule has 0 spiro atoms. The molecule has 3 rings (SSSR count). The number of fused-ring (bicyclic) bond motifs is 1. The average Bonchev–Trinajstić information content (AvgIpc) is 2.87. The zero-order valence-corrected chi connectivity index (χ0v) is 12.8. The van der Waals surface area contributed by atoms with E-state index >= 15 is 0 Å². The van der Waals surface area contributed by atoms with Crippen LogP contribution in [0.2, 0.25) is 5.15 Å². The van der Waals surface area contributed by atoms with Gasteiger partial charge in [-0.05, 0) is 37.6 Å². The Bertz CT molecular complexity index is 700. The first kappa shape index (κ1) is 13.3. The summed E-state index contributed by atoms with van der Waals surface area (Å²) >= 11 is 7.85. The second-order valence-corrected chi connectivity index (χ2v) is 6.10. The predicted octanol–water partition coefficient (Wildman–Crippen LogP) is 4.83. The van der Waals surface area contributed by atoms with Gasteiger partial charge < -0.3 is 5.32 Å². The van der Waals surface area contributed by atoms with Gasteiger partial charge in [0, 0.05) is 6.20 Å². The lowest BCUT2D eigenvalue weighted by Gasteiger charge is -2.15. The molecule has 1 aromatic carbocycles. The highest BCUT2D eigenvalue weighted by Crippen LogP contribution is 2.31.